The van der Waals surface area contributed by atoms with E-state index in [0.29, 0.717) is 0 Å². The van der Waals surface area contributed by atoms with Gasteiger partial charge >= 0.3 is 0 Å². The van der Waals surface area contributed by atoms with E-state index >= 15 is 0 Å². The number of aryl methyl sites for hydroxylation is 2. The lowest BCUT2D eigenvalue weighted by Crippen LogP contribution is -2.10. The maximum Gasteiger partial charge on any atom is 0.171 e. The first-order valence-corrected chi connectivity index (χ1v) is 7.30. The van der Waals surface area contributed by atoms with Gasteiger partial charge in [-0.05, 0) is 34.5 Å². The molecule has 106 valence electrons. The van der Waals surface area contributed by atoms with Crippen LogP contribution in [0, 0.1) is 5.82 Å². The van der Waals surface area contributed by atoms with Crippen LogP contribution in [0.25, 0.3) is 0 Å². The molecule has 0 aliphatic rings. The van der Waals surface area contributed by atoms with Crippen molar-refractivity contribution in [3.8, 4) is 0 Å². The van der Waals surface area contributed by atoms with Gasteiger partial charge in [0, 0.05) is 7.05 Å². The Morgan fingerprint density at radius 3 is 2.80 bits per heavy atom. The lowest BCUT2D eigenvalue weighted by molar-refractivity contribution is 0.0986. The molecule has 2 aromatic rings. The zero-order valence-electron chi connectivity index (χ0n) is 11.1. The number of Topliss-reactive ketones (excluding diaryl/α,β-unsaturated/α-hetero) is 1. The highest BCUT2D eigenvalue weighted by Gasteiger charge is 2.19. The van der Waals surface area contributed by atoms with E-state index in [1.54, 1.807) is 17.8 Å². The number of aromatic nitrogens is 2. The number of ketones is 1. The van der Waals surface area contributed by atoms with E-state index in [9.17, 15) is 9.18 Å². The Balaban J connectivity index is 2.33. The number of carbonyl (C=O) groups excluding carboxylic acids is 1. The first kappa shape index (κ1) is 15.2. The molecule has 2 rings (SSSR count). The number of nitrogens with zero attached hydrogens (tertiary/aromatic N) is 2. The second-order valence-corrected chi connectivity index (χ2v) is 5.59. The molecule has 1 aromatic heterocycles. The molecular weight excluding hydrogens is 347 g/mol. The Bertz CT molecular complexity index is 669. The third-order valence-corrected chi connectivity index (χ3v) is 4.29. The molecule has 1 aromatic carbocycles. The fourth-order valence-corrected chi connectivity index (χ4v) is 2.91. The molecule has 0 spiro atoms. The van der Waals surface area contributed by atoms with E-state index in [-0.39, 0.29) is 22.8 Å². The summed E-state index contributed by atoms with van der Waals surface area (Å²) in [6.45, 7) is 1.98. The molecule has 0 saturated carbocycles. The second-order valence-electron chi connectivity index (χ2n) is 4.39. The Morgan fingerprint density at radius 2 is 2.20 bits per heavy atom. The Morgan fingerprint density at radius 1 is 1.50 bits per heavy atom. The zero-order valence-corrected chi connectivity index (χ0v) is 13.4. The number of rotatable bonds is 4. The van der Waals surface area contributed by atoms with Gasteiger partial charge in [-0.1, -0.05) is 24.6 Å². The van der Waals surface area contributed by atoms with Crippen molar-refractivity contribution in [2.45, 2.75) is 19.8 Å². The summed E-state index contributed by atoms with van der Waals surface area (Å²) in [6, 6.07) is 4.42. The fourth-order valence-electron chi connectivity index (χ4n) is 1.98. The Hall–Kier alpha value is -1.20. The molecule has 0 atom stereocenters. The van der Waals surface area contributed by atoms with Crippen molar-refractivity contribution >= 4 is 33.3 Å². The van der Waals surface area contributed by atoms with Gasteiger partial charge in [-0.2, -0.15) is 5.10 Å². The van der Waals surface area contributed by atoms with Crippen molar-refractivity contribution in [3.05, 3.63) is 50.5 Å². The van der Waals surface area contributed by atoms with E-state index in [1.165, 1.54) is 12.1 Å². The zero-order chi connectivity index (χ0) is 14.9. The first-order chi connectivity index (χ1) is 9.45. The van der Waals surface area contributed by atoms with Crippen LogP contribution in [0.2, 0.25) is 5.02 Å². The number of halogens is 3. The van der Waals surface area contributed by atoms with Crippen LogP contribution in [-0.4, -0.2) is 15.6 Å². The molecule has 0 amide bonds. The van der Waals surface area contributed by atoms with Crippen molar-refractivity contribution in [3.63, 3.8) is 0 Å². The van der Waals surface area contributed by atoms with Gasteiger partial charge in [0.25, 0.3) is 0 Å². The molecule has 0 unspecified atom stereocenters. The van der Waals surface area contributed by atoms with Crippen LogP contribution in [0.15, 0.2) is 22.7 Å². The van der Waals surface area contributed by atoms with Gasteiger partial charge in [0.1, 0.15) is 0 Å². The summed E-state index contributed by atoms with van der Waals surface area (Å²) in [5.74, 6) is -0.996. The summed E-state index contributed by atoms with van der Waals surface area (Å²) in [5.41, 5.74) is 1.61. The quantitative estimate of drug-likeness (QED) is 0.774. The molecule has 1 heterocycles. The molecule has 0 aliphatic heterocycles. The van der Waals surface area contributed by atoms with E-state index in [2.05, 4.69) is 21.0 Å². The predicted molar refractivity (Wildman–Crippen MR) is 79.7 cm³/mol. The average molecular weight is 360 g/mol. The number of carbonyl (C=O) groups is 1. The van der Waals surface area contributed by atoms with Gasteiger partial charge in [0.15, 0.2) is 11.6 Å². The molecule has 20 heavy (non-hydrogen) atoms. The second kappa shape index (κ2) is 6.06. The SMILES string of the molecule is CCc1nn(C)c(CC(=O)c2cccc(Cl)c2F)c1Br. The number of hydrogen-bond donors (Lipinski definition) is 0. The van der Waals surface area contributed by atoms with Crippen LogP contribution < -0.4 is 0 Å². The van der Waals surface area contributed by atoms with Crippen LogP contribution in [0.4, 0.5) is 4.39 Å². The summed E-state index contributed by atoms with van der Waals surface area (Å²) in [5, 5.41) is 4.27. The molecule has 6 heteroatoms. The molecule has 0 saturated heterocycles. The average Bonchev–Trinajstić information content (AvgIpc) is 2.69. The summed E-state index contributed by atoms with van der Waals surface area (Å²) in [7, 11) is 1.76. The third-order valence-electron chi connectivity index (χ3n) is 3.08. The van der Waals surface area contributed by atoms with Gasteiger partial charge < -0.3 is 0 Å². The van der Waals surface area contributed by atoms with Gasteiger partial charge in [-0.15, -0.1) is 0 Å². The summed E-state index contributed by atoms with van der Waals surface area (Å²) < 4.78 is 16.3. The highest BCUT2D eigenvalue weighted by molar-refractivity contribution is 9.10. The van der Waals surface area contributed by atoms with E-state index in [4.69, 9.17) is 11.6 Å². The standard InChI is InChI=1S/C14H13BrClFN2O/c1-3-10-13(15)11(19(2)18-10)7-12(20)8-5-4-6-9(16)14(8)17/h4-6H,3,7H2,1-2H3. The first-order valence-electron chi connectivity index (χ1n) is 6.13. The van der Waals surface area contributed by atoms with E-state index in [0.717, 1.165) is 22.3 Å². The molecule has 0 aliphatic carbocycles. The van der Waals surface area contributed by atoms with Crippen LogP contribution in [0.1, 0.15) is 28.7 Å². The molecular formula is C14H13BrClFN2O. The van der Waals surface area contributed by atoms with Crippen molar-refractivity contribution in [2.24, 2.45) is 7.05 Å². The topological polar surface area (TPSA) is 34.9 Å². The highest BCUT2D eigenvalue weighted by atomic mass is 79.9. The Kier molecular flexibility index (Phi) is 4.60. The Labute approximate surface area is 129 Å². The lowest BCUT2D eigenvalue weighted by Gasteiger charge is -2.05. The minimum absolute atomic E-state index is 0.00338. The van der Waals surface area contributed by atoms with Crippen molar-refractivity contribution < 1.29 is 9.18 Å². The summed E-state index contributed by atoms with van der Waals surface area (Å²) in [4.78, 5) is 12.2. The van der Waals surface area contributed by atoms with Crippen molar-refractivity contribution in [1.29, 1.82) is 0 Å². The van der Waals surface area contributed by atoms with Gasteiger partial charge in [-0.3, -0.25) is 9.48 Å². The molecule has 0 bridgehead atoms. The van der Waals surface area contributed by atoms with Gasteiger partial charge in [-0.25, -0.2) is 4.39 Å². The summed E-state index contributed by atoms with van der Waals surface area (Å²) >= 11 is 9.14. The van der Waals surface area contributed by atoms with Crippen LogP contribution in [0.5, 0.6) is 0 Å². The highest BCUT2D eigenvalue weighted by Crippen LogP contribution is 2.24. The maximum atomic E-state index is 13.8. The van der Waals surface area contributed by atoms with E-state index in [1.807, 2.05) is 6.92 Å². The monoisotopic (exact) mass is 358 g/mol. The lowest BCUT2D eigenvalue weighted by atomic mass is 10.1. The maximum absolute atomic E-state index is 13.8. The summed E-state index contributed by atoms with van der Waals surface area (Å²) in [6.07, 6.45) is 0.829. The smallest absolute Gasteiger partial charge is 0.171 e. The molecule has 0 radical (unpaired) electrons. The van der Waals surface area contributed by atoms with Crippen molar-refractivity contribution in [2.75, 3.05) is 0 Å². The third kappa shape index (κ3) is 2.79. The number of benzene rings is 1. The van der Waals surface area contributed by atoms with Crippen LogP contribution in [-0.2, 0) is 19.9 Å². The minimum atomic E-state index is -0.673. The van der Waals surface area contributed by atoms with Gasteiger partial charge in [0.2, 0.25) is 0 Å². The normalized spacial score (nSPS) is 10.8. The molecule has 0 fully saturated rings. The molecule has 0 N–H and O–H groups in total. The predicted octanol–water partition coefficient (Wildman–Crippen LogP) is 3.96. The van der Waals surface area contributed by atoms with E-state index < -0.39 is 5.82 Å². The van der Waals surface area contributed by atoms with Crippen LogP contribution >= 0.6 is 27.5 Å². The molecule has 3 nitrogen and oxygen atoms in total. The van der Waals surface area contributed by atoms with Crippen molar-refractivity contribution in [1.82, 2.24) is 9.78 Å². The van der Waals surface area contributed by atoms with Gasteiger partial charge in [0.05, 0.1) is 32.9 Å². The fraction of sp³-hybridized carbons (Fsp3) is 0.286. The minimum Gasteiger partial charge on any atom is -0.294 e. The largest absolute Gasteiger partial charge is 0.294 e. The van der Waals surface area contributed by atoms with Crippen LogP contribution in [0.3, 0.4) is 0 Å². The number of hydrogen-bond acceptors (Lipinski definition) is 2.